The molecule has 1 unspecified atom stereocenters. The molecule has 1 saturated carbocycles. The van der Waals surface area contributed by atoms with Crippen molar-refractivity contribution in [3.63, 3.8) is 0 Å². The van der Waals surface area contributed by atoms with Gasteiger partial charge in [-0.05, 0) is 37.8 Å². The van der Waals surface area contributed by atoms with Gasteiger partial charge >= 0.3 is 0 Å². The van der Waals surface area contributed by atoms with E-state index in [0.29, 0.717) is 31.4 Å². The molecule has 4 heteroatoms. The van der Waals surface area contributed by atoms with Gasteiger partial charge in [0.2, 0.25) is 0 Å². The van der Waals surface area contributed by atoms with Gasteiger partial charge < -0.3 is 10.8 Å². The number of halogens is 1. The third-order valence-electron chi connectivity index (χ3n) is 3.37. The lowest BCUT2D eigenvalue weighted by molar-refractivity contribution is -0.0373. The Kier molecular flexibility index (Phi) is 3.21. The van der Waals surface area contributed by atoms with E-state index in [1.165, 1.54) is 0 Å². The number of hydrogen-bond donors (Lipinski definition) is 2. The topological polar surface area (TPSA) is 59.1 Å². The van der Waals surface area contributed by atoms with Crippen molar-refractivity contribution >= 4 is 0 Å². The minimum atomic E-state index is -1.00. The number of pyridine rings is 1. The van der Waals surface area contributed by atoms with Crippen molar-refractivity contribution in [2.24, 2.45) is 5.73 Å². The predicted molar refractivity (Wildman–Crippen MR) is 59.5 cm³/mol. The van der Waals surface area contributed by atoms with Crippen LogP contribution in [0.3, 0.4) is 0 Å². The summed E-state index contributed by atoms with van der Waals surface area (Å²) in [6, 6.07) is 4.91. The molecule has 1 aliphatic carbocycles. The number of hydrogen-bond acceptors (Lipinski definition) is 3. The fraction of sp³-hybridized carbons (Fsp3) is 0.583. The van der Waals surface area contributed by atoms with Gasteiger partial charge in [-0.1, -0.05) is 6.07 Å². The van der Waals surface area contributed by atoms with Gasteiger partial charge in [0.15, 0.2) is 0 Å². The second-order valence-corrected chi connectivity index (χ2v) is 4.51. The Bertz CT molecular complexity index is 336. The van der Waals surface area contributed by atoms with Crippen LogP contribution in [0.2, 0.25) is 0 Å². The van der Waals surface area contributed by atoms with Gasteiger partial charge in [0.25, 0.3) is 0 Å². The maximum absolute atomic E-state index is 13.0. The number of aliphatic hydroxyl groups is 1. The first kappa shape index (κ1) is 11.5. The number of nitrogens with zero attached hydrogens (tertiary/aromatic N) is 1. The summed E-state index contributed by atoms with van der Waals surface area (Å²) >= 11 is 0. The number of rotatable bonds is 2. The molecule has 16 heavy (non-hydrogen) atoms. The quantitative estimate of drug-likeness (QED) is 0.804. The molecule has 88 valence electrons. The van der Waals surface area contributed by atoms with Crippen molar-refractivity contribution in [3.8, 4) is 0 Å². The van der Waals surface area contributed by atoms with E-state index in [1.54, 1.807) is 18.3 Å². The van der Waals surface area contributed by atoms with Crippen LogP contribution < -0.4 is 5.73 Å². The van der Waals surface area contributed by atoms with Gasteiger partial charge in [0.1, 0.15) is 6.17 Å². The molecule has 0 aliphatic heterocycles. The second kappa shape index (κ2) is 4.47. The second-order valence-electron chi connectivity index (χ2n) is 4.51. The van der Waals surface area contributed by atoms with Crippen molar-refractivity contribution < 1.29 is 9.50 Å². The highest BCUT2D eigenvalue weighted by atomic mass is 19.1. The zero-order valence-corrected chi connectivity index (χ0v) is 9.14. The summed E-state index contributed by atoms with van der Waals surface area (Å²) in [6.45, 7) is 0. The normalized spacial score (nSPS) is 32.3. The molecular formula is C12H17FN2O. The Morgan fingerprint density at radius 3 is 2.69 bits per heavy atom. The molecule has 3 nitrogen and oxygen atoms in total. The van der Waals surface area contributed by atoms with Crippen LogP contribution in [-0.4, -0.2) is 21.9 Å². The first-order valence-corrected chi connectivity index (χ1v) is 5.65. The van der Waals surface area contributed by atoms with Crippen molar-refractivity contribution in [1.29, 1.82) is 0 Å². The van der Waals surface area contributed by atoms with E-state index in [2.05, 4.69) is 4.98 Å². The molecule has 0 radical (unpaired) electrons. The lowest BCUT2D eigenvalue weighted by atomic mass is 9.78. The first-order valence-electron chi connectivity index (χ1n) is 5.65. The van der Waals surface area contributed by atoms with E-state index in [1.807, 2.05) is 6.07 Å². The van der Waals surface area contributed by atoms with E-state index < -0.39 is 17.8 Å². The molecule has 3 N–H and O–H groups in total. The smallest absolute Gasteiger partial charge is 0.100 e. The molecule has 1 atom stereocenters. The minimum Gasteiger partial charge on any atom is -0.388 e. The molecule has 0 spiro atoms. The highest BCUT2D eigenvalue weighted by Gasteiger charge is 2.39. The standard InChI is InChI=1S/C12H17FN2O/c13-9-4-6-12(16,7-5-9)11(14)10-3-1-2-8-15-10/h1-3,8-9,11,16H,4-7,14H2. The van der Waals surface area contributed by atoms with Crippen LogP contribution in [0.5, 0.6) is 0 Å². The number of alkyl halides is 1. The van der Waals surface area contributed by atoms with Gasteiger partial charge in [-0.3, -0.25) is 4.98 Å². The fourth-order valence-corrected chi connectivity index (χ4v) is 2.23. The van der Waals surface area contributed by atoms with E-state index >= 15 is 0 Å². The van der Waals surface area contributed by atoms with Gasteiger partial charge in [-0.25, -0.2) is 4.39 Å². The van der Waals surface area contributed by atoms with E-state index in [4.69, 9.17) is 5.73 Å². The van der Waals surface area contributed by atoms with E-state index in [-0.39, 0.29) is 0 Å². The van der Waals surface area contributed by atoms with E-state index in [9.17, 15) is 9.50 Å². The average Bonchev–Trinajstić information content (AvgIpc) is 2.33. The Morgan fingerprint density at radius 2 is 2.12 bits per heavy atom. The summed E-state index contributed by atoms with van der Waals surface area (Å²) in [5, 5.41) is 10.4. The Hall–Kier alpha value is -1.00. The molecular weight excluding hydrogens is 207 g/mol. The summed E-state index contributed by atoms with van der Waals surface area (Å²) in [5.41, 5.74) is 5.68. The predicted octanol–water partition coefficient (Wildman–Crippen LogP) is 1.72. The van der Waals surface area contributed by atoms with Crippen LogP contribution in [-0.2, 0) is 0 Å². The molecule has 0 bridgehead atoms. The van der Waals surface area contributed by atoms with Crippen LogP contribution in [0.1, 0.15) is 37.4 Å². The average molecular weight is 224 g/mol. The zero-order chi connectivity index (χ0) is 11.6. The highest BCUT2D eigenvalue weighted by Crippen LogP contribution is 2.37. The van der Waals surface area contributed by atoms with Crippen LogP contribution in [0, 0.1) is 0 Å². The SMILES string of the molecule is NC(c1ccccn1)C1(O)CCC(F)CC1. The van der Waals surface area contributed by atoms with E-state index in [0.717, 1.165) is 0 Å². The van der Waals surface area contributed by atoms with Gasteiger partial charge in [-0.2, -0.15) is 0 Å². The van der Waals surface area contributed by atoms with Crippen molar-refractivity contribution in [1.82, 2.24) is 4.98 Å². The Balaban J connectivity index is 2.12. The molecule has 2 rings (SSSR count). The lowest BCUT2D eigenvalue weighted by Gasteiger charge is -2.37. The monoisotopic (exact) mass is 224 g/mol. The summed E-state index contributed by atoms with van der Waals surface area (Å²) < 4.78 is 13.0. The van der Waals surface area contributed by atoms with Crippen molar-refractivity contribution in [3.05, 3.63) is 30.1 Å². The van der Waals surface area contributed by atoms with Gasteiger partial charge in [0.05, 0.1) is 17.3 Å². The Labute approximate surface area is 94.5 Å². The summed E-state index contributed by atoms with van der Waals surface area (Å²) in [7, 11) is 0. The third-order valence-corrected chi connectivity index (χ3v) is 3.37. The van der Waals surface area contributed by atoms with Gasteiger partial charge in [-0.15, -0.1) is 0 Å². The molecule has 1 heterocycles. The maximum atomic E-state index is 13.0. The summed E-state index contributed by atoms with van der Waals surface area (Å²) in [6.07, 6.45) is 2.45. The molecule has 1 aliphatic rings. The molecule has 0 saturated heterocycles. The molecule has 0 amide bonds. The Morgan fingerprint density at radius 1 is 1.44 bits per heavy atom. The molecule has 0 aromatic carbocycles. The van der Waals surface area contributed by atoms with Crippen LogP contribution >= 0.6 is 0 Å². The third kappa shape index (κ3) is 2.23. The summed E-state index contributed by atoms with van der Waals surface area (Å²) in [4.78, 5) is 4.14. The number of nitrogens with two attached hydrogens (primary N) is 1. The first-order chi connectivity index (χ1) is 7.62. The van der Waals surface area contributed by atoms with Crippen LogP contribution in [0.25, 0.3) is 0 Å². The van der Waals surface area contributed by atoms with Crippen molar-refractivity contribution in [2.45, 2.75) is 43.5 Å². The lowest BCUT2D eigenvalue weighted by Crippen LogP contribution is -2.44. The molecule has 1 aromatic rings. The zero-order valence-electron chi connectivity index (χ0n) is 9.14. The maximum Gasteiger partial charge on any atom is 0.100 e. The van der Waals surface area contributed by atoms with Gasteiger partial charge in [0, 0.05) is 6.20 Å². The largest absolute Gasteiger partial charge is 0.388 e. The number of aromatic nitrogens is 1. The highest BCUT2D eigenvalue weighted by molar-refractivity contribution is 5.13. The fourth-order valence-electron chi connectivity index (χ4n) is 2.23. The minimum absolute atomic E-state index is 0.386. The molecule has 1 aromatic heterocycles. The van der Waals surface area contributed by atoms with Crippen LogP contribution in [0.4, 0.5) is 4.39 Å². The van der Waals surface area contributed by atoms with Crippen LogP contribution in [0.15, 0.2) is 24.4 Å². The summed E-state index contributed by atoms with van der Waals surface area (Å²) in [5.74, 6) is 0. The van der Waals surface area contributed by atoms with Crippen molar-refractivity contribution in [2.75, 3.05) is 0 Å². The molecule has 1 fully saturated rings.